The van der Waals surface area contributed by atoms with E-state index >= 15 is 0 Å². The average molecular weight is 572 g/mol. The highest BCUT2D eigenvalue weighted by molar-refractivity contribution is 7.92. The van der Waals surface area contributed by atoms with Crippen molar-refractivity contribution in [1.29, 1.82) is 0 Å². The summed E-state index contributed by atoms with van der Waals surface area (Å²) in [7, 11) is -4.09. The molecule has 0 bridgehead atoms. The second-order valence-electron chi connectivity index (χ2n) is 10.2. The Balaban J connectivity index is 2.07. The van der Waals surface area contributed by atoms with Gasteiger partial charge in [-0.15, -0.1) is 0 Å². The summed E-state index contributed by atoms with van der Waals surface area (Å²) < 4.78 is 53.8. The van der Waals surface area contributed by atoms with Crippen molar-refractivity contribution in [3.05, 3.63) is 101 Å². The first-order valence-corrected chi connectivity index (χ1v) is 14.8. The number of nitrogens with zero attached hydrogens (tertiary/aromatic N) is 2. The first-order valence-electron chi connectivity index (χ1n) is 12.9. The number of nitrogens with one attached hydrogen (secondary N) is 1. The molecular weight excluding hydrogens is 536 g/mol. The highest BCUT2D eigenvalue weighted by atomic mass is 32.2. The van der Waals surface area contributed by atoms with Gasteiger partial charge >= 0.3 is 0 Å². The van der Waals surface area contributed by atoms with Gasteiger partial charge in [0.2, 0.25) is 21.8 Å². The second kappa shape index (κ2) is 13.5. The number of sulfonamides is 1. The van der Waals surface area contributed by atoms with Gasteiger partial charge in [-0.1, -0.05) is 68.4 Å². The molecule has 0 aliphatic rings. The van der Waals surface area contributed by atoms with Crippen LogP contribution in [0.25, 0.3) is 0 Å². The van der Waals surface area contributed by atoms with Crippen molar-refractivity contribution in [2.75, 3.05) is 23.7 Å². The van der Waals surface area contributed by atoms with Crippen molar-refractivity contribution in [3.63, 3.8) is 0 Å². The zero-order valence-electron chi connectivity index (χ0n) is 23.1. The van der Waals surface area contributed by atoms with Gasteiger partial charge in [0.15, 0.2) is 11.6 Å². The molecule has 1 N–H and O–H groups in total. The van der Waals surface area contributed by atoms with Gasteiger partial charge in [-0.05, 0) is 41.7 Å². The van der Waals surface area contributed by atoms with Crippen LogP contribution >= 0.6 is 0 Å². The molecule has 7 nitrogen and oxygen atoms in total. The lowest BCUT2D eigenvalue weighted by molar-refractivity contribution is -0.140. The Morgan fingerprint density at radius 3 is 2.17 bits per heavy atom. The summed E-state index contributed by atoms with van der Waals surface area (Å²) in [5.41, 5.74) is 2.29. The van der Waals surface area contributed by atoms with E-state index in [9.17, 15) is 26.8 Å². The predicted molar refractivity (Wildman–Crippen MR) is 152 cm³/mol. The molecule has 0 radical (unpaired) electrons. The van der Waals surface area contributed by atoms with Crippen LogP contribution in [0.5, 0.6) is 0 Å². The molecule has 3 aromatic rings. The van der Waals surface area contributed by atoms with Gasteiger partial charge in [0.1, 0.15) is 12.6 Å². The second-order valence-corrected chi connectivity index (χ2v) is 12.1. The van der Waals surface area contributed by atoms with E-state index in [0.717, 1.165) is 41.1 Å². The van der Waals surface area contributed by atoms with E-state index in [1.54, 1.807) is 0 Å². The summed E-state index contributed by atoms with van der Waals surface area (Å²) >= 11 is 0. The molecule has 1 atom stereocenters. The minimum absolute atomic E-state index is 0.0352. The molecule has 0 fully saturated rings. The van der Waals surface area contributed by atoms with Crippen LogP contribution in [-0.2, 0) is 32.6 Å². The number of aryl methyl sites for hydroxylation is 1. The number of benzene rings is 3. The third kappa shape index (κ3) is 8.35. The standard InChI is InChI=1S/C30H35F2N3O4S/c1-21(2)18-33-30(37)28(16-23-11-6-5-7-12-23)34(19-24-13-9-8-10-22(24)3)29(36)20-35(40(4,38)39)25-14-15-26(31)27(32)17-25/h5-15,17,21,28H,16,18-20H2,1-4H3,(H,33,37)/t28-/m0/s1. The van der Waals surface area contributed by atoms with Gasteiger partial charge in [-0.25, -0.2) is 17.2 Å². The molecular formula is C30H35F2N3O4S. The van der Waals surface area contributed by atoms with Crippen molar-refractivity contribution < 1.29 is 26.8 Å². The van der Waals surface area contributed by atoms with Gasteiger partial charge in [0.25, 0.3) is 0 Å². The lowest BCUT2D eigenvalue weighted by atomic mass is 10.0. The minimum Gasteiger partial charge on any atom is -0.354 e. The van der Waals surface area contributed by atoms with E-state index in [-0.39, 0.29) is 30.5 Å². The van der Waals surface area contributed by atoms with Crippen LogP contribution in [-0.4, -0.2) is 50.5 Å². The fraction of sp³-hybridized carbons (Fsp3) is 0.333. The van der Waals surface area contributed by atoms with E-state index in [0.29, 0.717) is 10.8 Å². The van der Waals surface area contributed by atoms with E-state index in [1.165, 1.54) is 4.90 Å². The van der Waals surface area contributed by atoms with Crippen LogP contribution in [0.2, 0.25) is 0 Å². The zero-order chi connectivity index (χ0) is 29.4. The van der Waals surface area contributed by atoms with E-state index in [4.69, 9.17) is 0 Å². The van der Waals surface area contributed by atoms with Crippen molar-refractivity contribution in [2.24, 2.45) is 5.92 Å². The van der Waals surface area contributed by atoms with Crippen LogP contribution in [0.4, 0.5) is 14.5 Å². The maximum atomic E-state index is 14.0. The average Bonchev–Trinajstić information content (AvgIpc) is 2.90. The molecule has 0 spiro atoms. The smallest absolute Gasteiger partial charge is 0.244 e. The van der Waals surface area contributed by atoms with Crippen molar-refractivity contribution in [3.8, 4) is 0 Å². The molecule has 3 aromatic carbocycles. The van der Waals surface area contributed by atoms with Crippen molar-refractivity contribution >= 4 is 27.5 Å². The zero-order valence-corrected chi connectivity index (χ0v) is 23.9. The Morgan fingerprint density at radius 1 is 0.925 bits per heavy atom. The fourth-order valence-electron chi connectivity index (χ4n) is 4.20. The summed E-state index contributed by atoms with van der Waals surface area (Å²) in [6, 6.07) is 18.3. The molecule has 0 saturated heterocycles. The SMILES string of the molecule is Cc1ccccc1CN(C(=O)CN(c1ccc(F)c(F)c1)S(C)(=O)=O)[C@@H](Cc1ccccc1)C(=O)NCC(C)C. The Bertz CT molecular complexity index is 1430. The number of hydrogen-bond acceptors (Lipinski definition) is 4. The monoisotopic (exact) mass is 571 g/mol. The number of carbonyl (C=O) groups excluding carboxylic acids is 2. The molecule has 2 amide bonds. The first kappa shape index (κ1) is 30.7. The number of halogens is 2. The van der Waals surface area contributed by atoms with Gasteiger partial charge in [0.05, 0.1) is 11.9 Å². The normalized spacial score (nSPS) is 12.2. The van der Waals surface area contributed by atoms with Crippen LogP contribution in [0.3, 0.4) is 0 Å². The summed E-state index contributed by atoms with van der Waals surface area (Å²) in [5, 5.41) is 2.91. The summed E-state index contributed by atoms with van der Waals surface area (Å²) in [5.74, 6) is -3.27. The number of anilines is 1. The predicted octanol–water partition coefficient (Wildman–Crippen LogP) is 4.45. The molecule has 0 saturated carbocycles. The van der Waals surface area contributed by atoms with E-state index < -0.39 is 40.2 Å². The van der Waals surface area contributed by atoms with Gasteiger partial charge in [0, 0.05) is 25.6 Å². The van der Waals surface area contributed by atoms with Crippen molar-refractivity contribution in [1.82, 2.24) is 10.2 Å². The quantitative estimate of drug-likeness (QED) is 0.348. The Morgan fingerprint density at radius 2 is 1.57 bits per heavy atom. The molecule has 0 aliphatic carbocycles. The molecule has 40 heavy (non-hydrogen) atoms. The van der Waals surface area contributed by atoms with Gasteiger partial charge in [-0.3, -0.25) is 13.9 Å². The molecule has 214 valence electrons. The maximum Gasteiger partial charge on any atom is 0.244 e. The molecule has 3 rings (SSSR count). The van der Waals surface area contributed by atoms with E-state index in [1.807, 2.05) is 75.4 Å². The fourth-order valence-corrected chi connectivity index (χ4v) is 5.04. The largest absolute Gasteiger partial charge is 0.354 e. The maximum absolute atomic E-state index is 14.0. The van der Waals surface area contributed by atoms with Crippen LogP contribution < -0.4 is 9.62 Å². The summed E-state index contributed by atoms with van der Waals surface area (Å²) in [4.78, 5) is 28.9. The summed E-state index contributed by atoms with van der Waals surface area (Å²) in [6.45, 7) is 5.50. The third-order valence-corrected chi connectivity index (χ3v) is 7.57. The van der Waals surface area contributed by atoms with E-state index in [2.05, 4.69) is 5.32 Å². The minimum atomic E-state index is -4.09. The van der Waals surface area contributed by atoms with Gasteiger partial charge < -0.3 is 10.2 Å². The third-order valence-electron chi connectivity index (χ3n) is 6.43. The molecule has 10 heteroatoms. The lowest BCUT2D eigenvalue weighted by Crippen LogP contribution is -2.53. The molecule has 0 heterocycles. The molecule has 0 unspecified atom stereocenters. The number of hydrogen-bond donors (Lipinski definition) is 1. The Kier molecular flexibility index (Phi) is 10.4. The summed E-state index contributed by atoms with van der Waals surface area (Å²) in [6.07, 6.45) is 1.07. The number of carbonyl (C=O) groups is 2. The van der Waals surface area contributed by atoms with Gasteiger partial charge in [-0.2, -0.15) is 0 Å². The van der Waals surface area contributed by atoms with Crippen LogP contribution in [0.1, 0.15) is 30.5 Å². The Labute approximate surface area is 234 Å². The number of amides is 2. The molecule has 0 aliphatic heterocycles. The Hall–Kier alpha value is -3.79. The van der Waals surface area contributed by atoms with Crippen LogP contribution in [0.15, 0.2) is 72.8 Å². The number of rotatable bonds is 12. The first-order chi connectivity index (χ1) is 18.9. The van der Waals surface area contributed by atoms with Crippen molar-refractivity contribution in [2.45, 2.75) is 39.8 Å². The highest BCUT2D eigenvalue weighted by Crippen LogP contribution is 2.23. The lowest BCUT2D eigenvalue weighted by Gasteiger charge is -2.34. The topological polar surface area (TPSA) is 86.8 Å². The highest BCUT2D eigenvalue weighted by Gasteiger charge is 2.33. The van der Waals surface area contributed by atoms with Crippen LogP contribution in [0, 0.1) is 24.5 Å². The molecule has 0 aromatic heterocycles.